The average molecular weight is 407 g/mol. The third-order valence-electron chi connectivity index (χ3n) is 4.72. The summed E-state index contributed by atoms with van der Waals surface area (Å²) in [6.45, 7) is 1.97. The summed E-state index contributed by atoms with van der Waals surface area (Å²) in [5.41, 5.74) is 2.89. The summed E-state index contributed by atoms with van der Waals surface area (Å²) < 4.78 is 5.19. The molecule has 1 saturated carbocycles. The van der Waals surface area contributed by atoms with Crippen LogP contribution < -0.4 is 15.4 Å². The van der Waals surface area contributed by atoms with Crippen molar-refractivity contribution in [1.82, 2.24) is 4.98 Å². The molecule has 6 nitrogen and oxygen atoms in total. The van der Waals surface area contributed by atoms with E-state index in [1.54, 1.807) is 31.4 Å². The standard InChI is InChI=1S/C22H21N3O3S/c1-13-19(14-8-10-18(28-2)11-9-14)24-22(29-13)25-21(27)16-4-3-5-17(12-16)23-20(26)15-6-7-15/h3-5,8-12,15H,6-7H2,1-2H3,(H,23,26)(H,24,25,27). The molecule has 4 rings (SSSR count). The number of benzene rings is 2. The Labute approximate surface area is 172 Å². The Morgan fingerprint density at radius 2 is 1.86 bits per heavy atom. The lowest BCUT2D eigenvalue weighted by atomic mass is 10.1. The van der Waals surface area contributed by atoms with Crippen molar-refractivity contribution in [1.29, 1.82) is 0 Å². The molecule has 2 aromatic carbocycles. The maximum Gasteiger partial charge on any atom is 0.257 e. The van der Waals surface area contributed by atoms with Gasteiger partial charge in [0.25, 0.3) is 5.91 Å². The largest absolute Gasteiger partial charge is 0.497 e. The lowest BCUT2D eigenvalue weighted by molar-refractivity contribution is -0.117. The maximum atomic E-state index is 12.7. The number of thiazole rings is 1. The van der Waals surface area contributed by atoms with Gasteiger partial charge in [-0.3, -0.25) is 14.9 Å². The lowest BCUT2D eigenvalue weighted by Crippen LogP contribution is -2.15. The number of amides is 2. The number of ether oxygens (including phenoxy) is 1. The normalized spacial score (nSPS) is 13.0. The molecule has 0 saturated heterocycles. The van der Waals surface area contributed by atoms with E-state index in [0.717, 1.165) is 34.7 Å². The second-order valence-corrected chi connectivity index (χ2v) is 8.15. The van der Waals surface area contributed by atoms with E-state index < -0.39 is 0 Å². The third-order valence-corrected chi connectivity index (χ3v) is 5.61. The first kappa shape index (κ1) is 19.1. The fourth-order valence-electron chi connectivity index (χ4n) is 2.96. The van der Waals surface area contributed by atoms with E-state index in [2.05, 4.69) is 15.6 Å². The van der Waals surface area contributed by atoms with Gasteiger partial charge in [-0.15, -0.1) is 11.3 Å². The second kappa shape index (κ2) is 8.05. The van der Waals surface area contributed by atoms with Crippen molar-refractivity contribution in [3.8, 4) is 17.0 Å². The summed E-state index contributed by atoms with van der Waals surface area (Å²) in [6.07, 6.45) is 1.87. The van der Waals surface area contributed by atoms with E-state index in [4.69, 9.17) is 4.74 Å². The predicted molar refractivity (Wildman–Crippen MR) is 115 cm³/mol. The summed E-state index contributed by atoms with van der Waals surface area (Å²) in [5, 5.41) is 6.26. The summed E-state index contributed by atoms with van der Waals surface area (Å²) in [6, 6.07) is 14.6. The maximum absolute atomic E-state index is 12.7. The molecule has 2 N–H and O–H groups in total. The van der Waals surface area contributed by atoms with Crippen LogP contribution in [0.25, 0.3) is 11.3 Å². The molecule has 1 aliphatic rings. The number of rotatable bonds is 6. The van der Waals surface area contributed by atoms with Crippen molar-refractivity contribution in [2.45, 2.75) is 19.8 Å². The van der Waals surface area contributed by atoms with Gasteiger partial charge in [-0.2, -0.15) is 0 Å². The van der Waals surface area contributed by atoms with Crippen molar-refractivity contribution in [2.24, 2.45) is 5.92 Å². The predicted octanol–water partition coefficient (Wildman–Crippen LogP) is 4.73. The van der Waals surface area contributed by atoms with E-state index >= 15 is 0 Å². The number of anilines is 2. The minimum absolute atomic E-state index is 0.0160. The summed E-state index contributed by atoms with van der Waals surface area (Å²) in [5.74, 6) is 0.649. The zero-order valence-corrected chi connectivity index (χ0v) is 17.0. The Hall–Kier alpha value is -3.19. The number of aryl methyl sites for hydroxylation is 1. The molecule has 1 aliphatic carbocycles. The molecule has 0 radical (unpaired) electrons. The van der Waals surface area contributed by atoms with Gasteiger partial charge in [-0.05, 0) is 62.2 Å². The van der Waals surface area contributed by atoms with Crippen LogP contribution in [-0.2, 0) is 4.79 Å². The molecule has 7 heteroatoms. The monoisotopic (exact) mass is 407 g/mol. The zero-order valence-electron chi connectivity index (χ0n) is 16.2. The van der Waals surface area contributed by atoms with Crippen molar-refractivity contribution in [2.75, 3.05) is 17.7 Å². The highest BCUT2D eigenvalue weighted by atomic mass is 32.1. The van der Waals surface area contributed by atoms with Crippen LogP contribution >= 0.6 is 11.3 Å². The molecule has 1 aromatic heterocycles. The number of nitrogens with zero attached hydrogens (tertiary/aromatic N) is 1. The number of hydrogen-bond donors (Lipinski definition) is 2. The van der Waals surface area contributed by atoms with Crippen molar-refractivity contribution in [3.63, 3.8) is 0 Å². The van der Waals surface area contributed by atoms with Crippen LogP contribution in [0.3, 0.4) is 0 Å². The van der Waals surface area contributed by atoms with Gasteiger partial charge in [0, 0.05) is 27.6 Å². The topological polar surface area (TPSA) is 80.3 Å². The summed E-state index contributed by atoms with van der Waals surface area (Å²) >= 11 is 1.43. The van der Waals surface area contributed by atoms with Crippen LogP contribution in [0, 0.1) is 12.8 Å². The van der Waals surface area contributed by atoms with Crippen molar-refractivity contribution < 1.29 is 14.3 Å². The van der Waals surface area contributed by atoms with Crippen LogP contribution in [-0.4, -0.2) is 23.9 Å². The van der Waals surface area contributed by atoms with Gasteiger partial charge in [0.1, 0.15) is 5.75 Å². The Morgan fingerprint density at radius 1 is 1.10 bits per heavy atom. The number of nitrogens with one attached hydrogen (secondary N) is 2. The van der Waals surface area contributed by atoms with Gasteiger partial charge in [-0.1, -0.05) is 6.07 Å². The molecule has 1 heterocycles. The molecule has 0 unspecified atom stereocenters. The Morgan fingerprint density at radius 3 is 2.55 bits per heavy atom. The van der Waals surface area contributed by atoms with Crippen molar-refractivity contribution >= 4 is 34.0 Å². The van der Waals surface area contributed by atoms with Crippen LogP contribution in [0.2, 0.25) is 0 Å². The fraction of sp³-hybridized carbons (Fsp3) is 0.227. The first-order valence-electron chi connectivity index (χ1n) is 9.37. The molecule has 3 aromatic rings. The van der Waals surface area contributed by atoms with Gasteiger partial charge < -0.3 is 10.1 Å². The van der Waals surface area contributed by atoms with Crippen LogP contribution in [0.4, 0.5) is 10.8 Å². The number of carbonyl (C=O) groups is 2. The highest BCUT2D eigenvalue weighted by molar-refractivity contribution is 7.16. The molecule has 0 aliphatic heterocycles. The first-order chi connectivity index (χ1) is 14.0. The smallest absolute Gasteiger partial charge is 0.257 e. The fourth-order valence-corrected chi connectivity index (χ4v) is 3.79. The molecular formula is C22H21N3O3S. The molecule has 2 amide bonds. The second-order valence-electron chi connectivity index (χ2n) is 6.95. The van der Waals surface area contributed by atoms with Crippen LogP contribution in [0.5, 0.6) is 5.75 Å². The molecule has 0 bridgehead atoms. The van der Waals surface area contributed by atoms with Crippen LogP contribution in [0.1, 0.15) is 28.1 Å². The number of carbonyl (C=O) groups excluding carboxylic acids is 2. The van der Waals surface area contributed by atoms with E-state index in [9.17, 15) is 9.59 Å². The van der Waals surface area contributed by atoms with Gasteiger partial charge in [0.15, 0.2) is 5.13 Å². The molecule has 29 heavy (non-hydrogen) atoms. The molecular weight excluding hydrogens is 386 g/mol. The summed E-state index contributed by atoms with van der Waals surface area (Å²) in [7, 11) is 1.63. The van der Waals surface area contributed by atoms with Gasteiger partial charge in [0.2, 0.25) is 5.91 Å². The van der Waals surface area contributed by atoms with E-state index in [1.165, 1.54) is 11.3 Å². The van der Waals surface area contributed by atoms with E-state index in [-0.39, 0.29) is 17.7 Å². The molecule has 0 atom stereocenters. The van der Waals surface area contributed by atoms with Crippen molar-refractivity contribution in [3.05, 3.63) is 59.0 Å². The minimum atomic E-state index is -0.262. The van der Waals surface area contributed by atoms with Crippen LogP contribution in [0.15, 0.2) is 48.5 Å². The zero-order chi connectivity index (χ0) is 20.4. The first-order valence-corrected chi connectivity index (χ1v) is 10.2. The average Bonchev–Trinajstić information content (AvgIpc) is 3.52. The number of aromatic nitrogens is 1. The Bertz CT molecular complexity index is 1060. The SMILES string of the molecule is COc1ccc(-c2nc(NC(=O)c3cccc(NC(=O)C4CC4)c3)sc2C)cc1. The quantitative estimate of drug-likeness (QED) is 0.619. The molecule has 148 valence electrons. The number of methoxy groups -OCH3 is 1. The minimum Gasteiger partial charge on any atom is -0.497 e. The lowest BCUT2D eigenvalue weighted by Gasteiger charge is -2.07. The van der Waals surface area contributed by atoms with E-state index in [0.29, 0.717) is 16.4 Å². The third kappa shape index (κ3) is 4.46. The highest BCUT2D eigenvalue weighted by Crippen LogP contribution is 2.32. The van der Waals surface area contributed by atoms with Gasteiger partial charge in [0.05, 0.1) is 12.8 Å². The molecule has 1 fully saturated rings. The Kier molecular flexibility index (Phi) is 5.31. The highest BCUT2D eigenvalue weighted by Gasteiger charge is 2.29. The Balaban J connectivity index is 1.47. The molecule has 0 spiro atoms. The number of hydrogen-bond acceptors (Lipinski definition) is 5. The summed E-state index contributed by atoms with van der Waals surface area (Å²) in [4.78, 5) is 30.2. The van der Waals surface area contributed by atoms with E-state index in [1.807, 2.05) is 31.2 Å². The van der Waals surface area contributed by atoms with Gasteiger partial charge >= 0.3 is 0 Å². The van der Waals surface area contributed by atoms with Gasteiger partial charge in [-0.25, -0.2) is 4.98 Å².